The summed E-state index contributed by atoms with van der Waals surface area (Å²) in [6.45, 7) is 3.08. The summed E-state index contributed by atoms with van der Waals surface area (Å²) in [7, 11) is 5.96. The van der Waals surface area contributed by atoms with E-state index in [4.69, 9.17) is 0 Å². The van der Waals surface area contributed by atoms with Gasteiger partial charge in [0.15, 0.2) is 0 Å². The number of likely N-dealkylation sites (N-methyl/N-ethyl adjacent to an activating group) is 1. The number of hydrogen-bond donors (Lipinski definition) is 2. The van der Waals surface area contributed by atoms with E-state index in [0.29, 0.717) is 17.6 Å². The van der Waals surface area contributed by atoms with Crippen LogP contribution in [0.1, 0.15) is 13.3 Å². The summed E-state index contributed by atoms with van der Waals surface area (Å²) in [5.74, 6) is -0.0801. The average Bonchev–Trinajstić information content (AvgIpc) is 1.81. The average molecular weight is 189 g/mol. The summed E-state index contributed by atoms with van der Waals surface area (Å²) in [4.78, 5) is 11.1. The van der Waals surface area contributed by atoms with Gasteiger partial charge in [-0.2, -0.15) is 0 Å². The zero-order valence-corrected chi connectivity index (χ0v) is 9.00. The van der Waals surface area contributed by atoms with Gasteiger partial charge in [-0.3, -0.25) is 4.79 Å². The van der Waals surface area contributed by atoms with Crippen LogP contribution < -0.4 is 5.32 Å². The first-order valence-electron chi connectivity index (χ1n) is 4.60. The van der Waals surface area contributed by atoms with Crippen molar-refractivity contribution in [1.29, 1.82) is 0 Å². The topological polar surface area (TPSA) is 49.3 Å². The maximum absolute atomic E-state index is 11.1. The molecule has 0 aliphatic heterocycles. The molecule has 0 aromatic carbocycles. The minimum atomic E-state index is -0.549. The van der Waals surface area contributed by atoms with E-state index in [-0.39, 0.29) is 12.3 Å². The third-order valence-corrected chi connectivity index (χ3v) is 1.55. The predicted molar refractivity (Wildman–Crippen MR) is 52.2 cm³/mol. The number of aliphatic hydroxyl groups excluding tert-OH is 1. The van der Waals surface area contributed by atoms with Crippen molar-refractivity contribution >= 4 is 5.91 Å². The van der Waals surface area contributed by atoms with Crippen LogP contribution >= 0.6 is 0 Å². The summed E-state index contributed by atoms with van der Waals surface area (Å²) in [5.41, 5.74) is 0. The second kappa shape index (κ2) is 5.19. The Kier molecular flexibility index (Phi) is 4.95. The highest BCUT2D eigenvalue weighted by Crippen LogP contribution is 1.98. The molecule has 1 unspecified atom stereocenters. The maximum atomic E-state index is 11.1. The number of amides is 1. The summed E-state index contributed by atoms with van der Waals surface area (Å²) < 4.78 is 0.667. The Balaban J connectivity index is 3.74. The molecule has 0 saturated carbocycles. The molecule has 0 fully saturated rings. The fourth-order valence-electron chi connectivity index (χ4n) is 1.18. The van der Waals surface area contributed by atoms with Crippen LogP contribution in [0.15, 0.2) is 0 Å². The smallest absolute Gasteiger partial charge is 0.222 e. The van der Waals surface area contributed by atoms with Gasteiger partial charge in [0.1, 0.15) is 12.6 Å². The van der Waals surface area contributed by atoms with Gasteiger partial charge in [0.25, 0.3) is 0 Å². The van der Waals surface area contributed by atoms with Crippen LogP contribution in [0.3, 0.4) is 0 Å². The van der Waals surface area contributed by atoms with Crippen molar-refractivity contribution < 1.29 is 14.4 Å². The summed E-state index contributed by atoms with van der Waals surface area (Å²) in [5, 5.41) is 12.2. The quantitative estimate of drug-likeness (QED) is 0.577. The van der Waals surface area contributed by atoms with Crippen molar-refractivity contribution in [3.05, 3.63) is 0 Å². The van der Waals surface area contributed by atoms with E-state index in [1.165, 1.54) is 0 Å². The molecule has 0 aromatic rings. The lowest BCUT2D eigenvalue weighted by Crippen LogP contribution is -2.43. The van der Waals surface area contributed by atoms with Crippen molar-refractivity contribution in [2.45, 2.75) is 19.4 Å². The number of nitrogens with one attached hydrogen (secondary N) is 1. The molecule has 1 amide bonds. The number of rotatable bonds is 5. The molecule has 4 nitrogen and oxygen atoms in total. The molecule has 0 spiro atoms. The molecule has 0 saturated heterocycles. The lowest BCUT2D eigenvalue weighted by Gasteiger charge is -2.26. The molecule has 0 aromatic heterocycles. The molecule has 1 atom stereocenters. The van der Waals surface area contributed by atoms with Crippen LogP contribution in [0.2, 0.25) is 0 Å². The van der Waals surface area contributed by atoms with Gasteiger partial charge >= 0.3 is 0 Å². The van der Waals surface area contributed by atoms with Crippen LogP contribution in [0.4, 0.5) is 0 Å². The molecule has 78 valence electrons. The van der Waals surface area contributed by atoms with Crippen molar-refractivity contribution in [1.82, 2.24) is 5.32 Å². The molecule has 0 heterocycles. The normalized spacial score (nSPS) is 13.9. The summed E-state index contributed by atoms with van der Waals surface area (Å²) in [6, 6.07) is 0. The number of carbonyl (C=O) groups is 1. The molecule has 2 N–H and O–H groups in total. The molecule has 4 heteroatoms. The van der Waals surface area contributed by atoms with Gasteiger partial charge in [-0.25, -0.2) is 0 Å². The van der Waals surface area contributed by atoms with E-state index in [0.717, 1.165) is 0 Å². The maximum Gasteiger partial charge on any atom is 0.222 e. The third kappa shape index (κ3) is 7.74. The Morgan fingerprint density at radius 3 is 2.38 bits per heavy atom. The van der Waals surface area contributed by atoms with E-state index in [9.17, 15) is 9.90 Å². The molecule has 0 rings (SSSR count). The number of quaternary nitrogens is 1. The zero-order chi connectivity index (χ0) is 10.5. The highest BCUT2D eigenvalue weighted by molar-refractivity contribution is 5.76. The molecule has 13 heavy (non-hydrogen) atoms. The lowest BCUT2D eigenvalue weighted by atomic mass is 10.2. The Bertz CT molecular complexity index is 163. The van der Waals surface area contributed by atoms with E-state index < -0.39 is 6.10 Å². The first-order chi connectivity index (χ1) is 5.85. The standard InChI is InChI=1S/C9H20N2O2/c1-5-10-9(13)6-8(12)7-11(2,3)4/h8,12H,5-7H2,1-4H3/p+1. The molecule has 0 aliphatic rings. The van der Waals surface area contributed by atoms with Crippen LogP contribution in [0.25, 0.3) is 0 Å². The third-order valence-electron chi connectivity index (χ3n) is 1.55. The van der Waals surface area contributed by atoms with E-state index in [2.05, 4.69) is 5.32 Å². The van der Waals surface area contributed by atoms with Crippen molar-refractivity contribution in [3.8, 4) is 0 Å². The lowest BCUT2D eigenvalue weighted by molar-refractivity contribution is -0.873. The fraction of sp³-hybridized carbons (Fsp3) is 0.889. The number of hydrogen-bond acceptors (Lipinski definition) is 2. The second-order valence-corrected chi connectivity index (χ2v) is 4.28. The first kappa shape index (κ1) is 12.4. The van der Waals surface area contributed by atoms with Gasteiger partial charge in [-0.1, -0.05) is 0 Å². The molecular weight excluding hydrogens is 168 g/mol. The monoisotopic (exact) mass is 189 g/mol. The van der Waals surface area contributed by atoms with E-state index in [1.54, 1.807) is 0 Å². The van der Waals surface area contributed by atoms with Gasteiger partial charge in [0.05, 0.1) is 27.6 Å². The zero-order valence-electron chi connectivity index (χ0n) is 9.00. The van der Waals surface area contributed by atoms with Crippen molar-refractivity contribution in [3.63, 3.8) is 0 Å². The van der Waals surface area contributed by atoms with Gasteiger partial charge in [0, 0.05) is 6.54 Å². The molecule has 0 aliphatic carbocycles. The molecular formula is C9H21N2O2+. The molecule has 0 radical (unpaired) electrons. The van der Waals surface area contributed by atoms with Gasteiger partial charge in [0.2, 0.25) is 5.91 Å². The largest absolute Gasteiger partial charge is 0.387 e. The van der Waals surface area contributed by atoms with E-state index >= 15 is 0 Å². The van der Waals surface area contributed by atoms with Crippen molar-refractivity contribution in [2.75, 3.05) is 34.2 Å². The Morgan fingerprint density at radius 1 is 1.46 bits per heavy atom. The van der Waals surface area contributed by atoms with Crippen LogP contribution in [-0.2, 0) is 4.79 Å². The minimum absolute atomic E-state index is 0.0801. The van der Waals surface area contributed by atoms with Crippen LogP contribution in [0, 0.1) is 0 Å². The van der Waals surface area contributed by atoms with E-state index in [1.807, 2.05) is 28.1 Å². The highest BCUT2D eigenvalue weighted by Gasteiger charge is 2.17. The Hall–Kier alpha value is -0.610. The van der Waals surface area contributed by atoms with Crippen LogP contribution in [-0.4, -0.2) is 55.8 Å². The minimum Gasteiger partial charge on any atom is -0.387 e. The van der Waals surface area contributed by atoms with Gasteiger partial charge in [-0.15, -0.1) is 0 Å². The SMILES string of the molecule is CCNC(=O)CC(O)C[N+](C)(C)C. The van der Waals surface area contributed by atoms with Crippen molar-refractivity contribution in [2.24, 2.45) is 0 Å². The Morgan fingerprint density at radius 2 is 2.00 bits per heavy atom. The van der Waals surface area contributed by atoms with Crippen LogP contribution in [0.5, 0.6) is 0 Å². The number of carbonyl (C=O) groups excluding carboxylic acids is 1. The summed E-state index contributed by atoms with van der Waals surface area (Å²) in [6.07, 6.45) is -0.352. The first-order valence-corrected chi connectivity index (χ1v) is 4.60. The second-order valence-electron chi connectivity index (χ2n) is 4.28. The number of aliphatic hydroxyl groups is 1. The summed E-state index contributed by atoms with van der Waals surface area (Å²) >= 11 is 0. The van der Waals surface area contributed by atoms with Gasteiger partial charge in [-0.05, 0) is 6.92 Å². The molecule has 0 bridgehead atoms. The fourth-order valence-corrected chi connectivity index (χ4v) is 1.18. The Labute approximate surface area is 80.1 Å². The predicted octanol–water partition coefficient (Wildman–Crippen LogP) is -0.420. The highest BCUT2D eigenvalue weighted by atomic mass is 16.3. The van der Waals surface area contributed by atoms with Gasteiger partial charge < -0.3 is 14.9 Å². The number of nitrogens with zero attached hydrogens (tertiary/aromatic N) is 1.